The molecule has 1 unspecified atom stereocenters. The molecule has 2 aliphatic heterocycles. The minimum absolute atomic E-state index is 0. The zero-order valence-corrected chi connectivity index (χ0v) is 16.0. The molecular formula is C16H25Cl2N3O2S. The van der Waals surface area contributed by atoms with Crippen molar-refractivity contribution in [1.29, 1.82) is 0 Å². The van der Waals surface area contributed by atoms with Crippen LogP contribution in [0, 0.1) is 0 Å². The van der Waals surface area contributed by atoms with Gasteiger partial charge in [0.25, 0.3) is 0 Å². The first kappa shape index (κ1) is 21.5. The molecule has 0 aromatic heterocycles. The highest BCUT2D eigenvalue weighted by Gasteiger charge is 2.22. The molecule has 136 valence electrons. The van der Waals surface area contributed by atoms with E-state index in [0.29, 0.717) is 6.54 Å². The maximum Gasteiger partial charge on any atom is 0.238 e. The number of nitrogens with one attached hydrogen (secondary N) is 2. The molecule has 0 spiro atoms. The first-order valence-corrected chi connectivity index (χ1v) is 8.94. The summed E-state index contributed by atoms with van der Waals surface area (Å²) in [6.45, 7) is 5.09. The zero-order chi connectivity index (χ0) is 15.2. The topological polar surface area (TPSA) is 53.6 Å². The number of halogens is 2. The molecular weight excluding hydrogens is 369 g/mol. The highest BCUT2D eigenvalue weighted by Crippen LogP contribution is 2.14. The quantitative estimate of drug-likeness (QED) is 0.796. The van der Waals surface area contributed by atoms with Crippen LogP contribution < -0.4 is 10.6 Å². The highest BCUT2D eigenvalue weighted by atomic mass is 35.5. The molecule has 2 aliphatic rings. The van der Waals surface area contributed by atoms with Gasteiger partial charge in [-0.25, -0.2) is 0 Å². The van der Waals surface area contributed by atoms with Gasteiger partial charge in [-0.2, -0.15) is 0 Å². The van der Waals surface area contributed by atoms with Crippen molar-refractivity contribution >= 4 is 42.5 Å². The predicted molar refractivity (Wildman–Crippen MR) is 103 cm³/mol. The van der Waals surface area contributed by atoms with Gasteiger partial charge in [-0.3, -0.25) is 15.0 Å². The largest absolute Gasteiger partial charge is 0.379 e. The second-order valence-electron chi connectivity index (χ2n) is 5.65. The lowest BCUT2D eigenvalue weighted by Gasteiger charge is -2.27. The molecule has 0 aliphatic carbocycles. The molecule has 0 radical (unpaired) electrons. The smallest absolute Gasteiger partial charge is 0.238 e. The van der Waals surface area contributed by atoms with Crippen molar-refractivity contribution in [2.24, 2.45) is 0 Å². The van der Waals surface area contributed by atoms with E-state index in [-0.39, 0.29) is 36.8 Å². The van der Waals surface area contributed by atoms with Crippen molar-refractivity contribution in [1.82, 2.24) is 15.5 Å². The molecule has 1 amide bonds. The van der Waals surface area contributed by atoms with Crippen LogP contribution in [-0.2, 0) is 22.6 Å². The SMILES string of the molecule is Cl.Cl.O=C(NCc1ccccc1CN1CCOCC1)C1CSCN1. The second kappa shape index (κ2) is 11.2. The highest BCUT2D eigenvalue weighted by molar-refractivity contribution is 7.99. The number of carbonyl (C=O) groups excluding carboxylic acids is 1. The molecule has 5 nitrogen and oxygen atoms in total. The lowest BCUT2D eigenvalue weighted by atomic mass is 10.1. The van der Waals surface area contributed by atoms with E-state index in [1.54, 1.807) is 11.8 Å². The normalized spacial score (nSPS) is 20.8. The Hall–Kier alpha value is -0.500. The Bertz CT molecular complexity index is 510. The number of hydrogen-bond donors (Lipinski definition) is 2. The molecule has 0 bridgehead atoms. The molecule has 0 saturated carbocycles. The Morgan fingerprint density at radius 2 is 1.96 bits per heavy atom. The van der Waals surface area contributed by atoms with Crippen LogP contribution in [0.4, 0.5) is 0 Å². The maximum atomic E-state index is 12.1. The summed E-state index contributed by atoms with van der Waals surface area (Å²) in [6, 6.07) is 8.31. The van der Waals surface area contributed by atoms with E-state index in [0.717, 1.165) is 44.5 Å². The van der Waals surface area contributed by atoms with Crippen LogP contribution in [0.3, 0.4) is 0 Å². The summed E-state index contributed by atoms with van der Waals surface area (Å²) in [5, 5.41) is 6.26. The van der Waals surface area contributed by atoms with Crippen molar-refractivity contribution in [2.45, 2.75) is 19.1 Å². The molecule has 2 heterocycles. The lowest BCUT2D eigenvalue weighted by molar-refractivity contribution is -0.122. The summed E-state index contributed by atoms with van der Waals surface area (Å²) in [4.78, 5) is 14.5. The molecule has 1 aromatic carbocycles. The average molecular weight is 394 g/mol. The van der Waals surface area contributed by atoms with Crippen molar-refractivity contribution in [3.05, 3.63) is 35.4 Å². The third-order valence-corrected chi connectivity index (χ3v) is 5.04. The molecule has 24 heavy (non-hydrogen) atoms. The Labute approximate surface area is 160 Å². The number of amides is 1. The number of ether oxygens (including phenoxy) is 1. The van der Waals surface area contributed by atoms with Gasteiger partial charge in [0.2, 0.25) is 5.91 Å². The van der Waals surface area contributed by atoms with E-state index in [2.05, 4.69) is 33.7 Å². The van der Waals surface area contributed by atoms with Gasteiger partial charge < -0.3 is 10.1 Å². The van der Waals surface area contributed by atoms with Gasteiger partial charge in [0.05, 0.1) is 19.3 Å². The summed E-state index contributed by atoms with van der Waals surface area (Å²) in [6.07, 6.45) is 0. The molecule has 2 saturated heterocycles. The van der Waals surface area contributed by atoms with E-state index in [9.17, 15) is 4.79 Å². The predicted octanol–water partition coefficient (Wildman–Crippen LogP) is 1.64. The van der Waals surface area contributed by atoms with E-state index in [1.807, 2.05) is 6.07 Å². The van der Waals surface area contributed by atoms with Gasteiger partial charge in [-0.05, 0) is 11.1 Å². The summed E-state index contributed by atoms with van der Waals surface area (Å²) < 4.78 is 5.40. The van der Waals surface area contributed by atoms with Crippen LogP contribution in [0.2, 0.25) is 0 Å². The molecule has 2 N–H and O–H groups in total. The van der Waals surface area contributed by atoms with Crippen LogP contribution in [0.25, 0.3) is 0 Å². The fourth-order valence-electron chi connectivity index (χ4n) is 2.75. The Kier molecular flexibility index (Phi) is 10.0. The van der Waals surface area contributed by atoms with Crippen LogP contribution in [-0.4, -0.2) is 54.8 Å². The lowest BCUT2D eigenvalue weighted by Crippen LogP contribution is -2.41. The van der Waals surface area contributed by atoms with E-state index in [4.69, 9.17) is 4.74 Å². The van der Waals surface area contributed by atoms with Crippen LogP contribution in [0.1, 0.15) is 11.1 Å². The number of carbonyl (C=O) groups is 1. The Morgan fingerprint density at radius 1 is 1.25 bits per heavy atom. The number of nitrogens with zero attached hydrogens (tertiary/aromatic N) is 1. The van der Waals surface area contributed by atoms with Crippen LogP contribution in [0.15, 0.2) is 24.3 Å². The maximum absolute atomic E-state index is 12.1. The summed E-state index contributed by atoms with van der Waals surface area (Å²) in [7, 11) is 0. The van der Waals surface area contributed by atoms with Gasteiger partial charge in [0.15, 0.2) is 0 Å². The van der Waals surface area contributed by atoms with Gasteiger partial charge >= 0.3 is 0 Å². The van der Waals surface area contributed by atoms with Crippen molar-refractivity contribution in [2.75, 3.05) is 37.9 Å². The second-order valence-corrected chi connectivity index (χ2v) is 6.68. The minimum atomic E-state index is -0.0450. The summed E-state index contributed by atoms with van der Waals surface area (Å²) >= 11 is 1.77. The molecule has 1 aromatic rings. The third-order valence-electron chi connectivity index (χ3n) is 4.10. The van der Waals surface area contributed by atoms with Crippen molar-refractivity contribution in [3.63, 3.8) is 0 Å². The van der Waals surface area contributed by atoms with Crippen LogP contribution >= 0.6 is 36.6 Å². The number of thioether (sulfide) groups is 1. The first-order valence-electron chi connectivity index (χ1n) is 7.78. The van der Waals surface area contributed by atoms with Gasteiger partial charge in [0, 0.05) is 37.8 Å². The van der Waals surface area contributed by atoms with Crippen molar-refractivity contribution in [3.8, 4) is 0 Å². The Morgan fingerprint density at radius 3 is 2.62 bits per heavy atom. The third kappa shape index (κ3) is 6.10. The standard InChI is InChI=1S/C16H23N3O2S.2ClH/c20-16(15-11-22-12-18-15)17-9-13-3-1-2-4-14(13)10-19-5-7-21-8-6-19;;/h1-4,15,18H,5-12H2,(H,17,20);2*1H. The van der Waals surface area contributed by atoms with Crippen molar-refractivity contribution < 1.29 is 9.53 Å². The van der Waals surface area contributed by atoms with Crippen LogP contribution in [0.5, 0.6) is 0 Å². The van der Waals surface area contributed by atoms with Gasteiger partial charge in [0.1, 0.15) is 0 Å². The Balaban J connectivity index is 0.00000144. The molecule has 2 fully saturated rings. The average Bonchev–Trinajstić information content (AvgIpc) is 3.09. The number of hydrogen-bond acceptors (Lipinski definition) is 5. The minimum Gasteiger partial charge on any atom is -0.379 e. The van der Waals surface area contributed by atoms with E-state index >= 15 is 0 Å². The van der Waals surface area contributed by atoms with E-state index in [1.165, 1.54) is 11.1 Å². The fourth-order valence-corrected chi connectivity index (χ4v) is 3.70. The first-order chi connectivity index (χ1) is 10.8. The van der Waals surface area contributed by atoms with Gasteiger partial charge in [-0.15, -0.1) is 36.6 Å². The molecule has 1 atom stereocenters. The fraction of sp³-hybridized carbons (Fsp3) is 0.562. The number of rotatable bonds is 5. The molecule has 3 rings (SSSR count). The number of benzene rings is 1. The zero-order valence-electron chi connectivity index (χ0n) is 13.5. The van der Waals surface area contributed by atoms with Gasteiger partial charge in [-0.1, -0.05) is 24.3 Å². The number of morpholine rings is 1. The van der Waals surface area contributed by atoms with E-state index < -0.39 is 0 Å². The monoisotopic (exact) mass is 393 g/mol. The summed E-state index contributed by atoms with van der Waals surface area (Å²) in [5.74, 6) is 1.83. The summed E-state index contributed by atoms with van der Waals surface area (Å²) in [5.41, 5.74) is 2.49. The molecule has 8 heteroatoms.